The number of hydrogen-bond donors (Lipinski definition) is 0. The predicted octanol–water partition coefficient (Wildman–Crippen LogP) is 5.92. The summed E-state index contributed by atoms with van der Waals surface area (Å²) in [6.45, 7) is 11.1. The molecule has 1 aliphatic rings. The molecule has 23 heavy (non-hydrogen) atoms. The van der Waals surface area contributed by atoms with Crippen molar-refractivity contribution in [3.8, 4) is 0 Å². The van der Waals surface area contributed by atoms with E-state index < -0.39 is 0 Å². The molecule has 128 valence electrons. The molecule has 0 fully saturated rings. The predicted molar refractivity (Wildman–Crippen MR) is 98.2 cm³/mol. The van der Waals surface area contributed by atoms with Crippen LogP contribution in [0.25, 0.3) is 0 Å². The van der Waals surface area contributed by atoms with Gasteiger partial charge in [-0.3, -0.25) is 4.79 Å². The van der Waals surface area contributed by atoms with Crippen LogP contribution in [0.5, 0.6) is 0 Å². The average Bonchev–Trinajstić information content (AvgIpc) is 2.45. The summed E-state index contributed by atoms with van der Waals surface area (Å²) in [5.41, 5.74) is 5.78. The fourth-order valence-electron chi connectivity index (χ4n) is 3.18. The molecule has 1 rings (SSSR count). The Morgan fingerprint density at radius 3 is 2.61 bits per heavy atom. The first-order valence-electron chi connectivity index (χ1n) is 8.53. The van der Waals surface area contributed by atoms with Crippen molar-refractivity contribution in [2.45, 2.75) is 66.7 Å². The molecule has 2 nitrogen and oxygen atoms in total. The van der Waals surface area contributed by atoms with Crippen molar-refractivity contribution >= 4 is 5.97 Å². The van der Waals surface area contributed by atoms with Crippen molar-refractivity contribution in [3.63, 3.8) is 0 Å². The molecule has 0 aromatic heterocycles. The van der Waals surface area contributed by atoms with E-state index >= 15 is 0 Å². The molecule has 2 heteroatoms. The second-order valence-electron chi connectivity index (χ2n) is 7.27. The fraction of sp³-hybridized carbons (Fsp3) is 0.571. The number of hydrogen-bond acceptors (Lipinski definition) is 2. The Bertz CT molecular complexity index is 542. The highest BCUT2D eigenvalue weighted by molar-refractivity contribution is 5.72. The van der Waals surface area contributed by atoms with Gasteiger partial charge < -0.3 is 4.74 Å². The molecule has 0 amide bonds. The highest BCUT2D eigenvalue weighted by Crippen LogP contribution is 2.41. The number of carbonyl (C=O) groups is 1. The normalized spacial score (nSPS) is 19.4. The summed E-state index contributed by atoms with van der Waals surface area (Å²) in [6.07, 6.45) is 13.6. The zero-order valence-electron chi connectivity index (χ0n) is 15.7. The first-order chi connectivity index (χ1) is 10.8. The summed E-state index contributed by atoms with van der Waals surface area (Å²) >= 11 is 0. The molecule has 1 aliphatic carbocycles. The first kappa shape index (κ1) is 19.5. The van der Waals surface area contributed by atoms with E-state index in [0.717, 1.165) is 12.0 Å². The third kappa shape index (κ3) is 6.60. The van der Waals surface area contributed by atoms with Crippen molar-refractivity contribution in [2.24, 2.45) is 5.41 Å². The van der Waals surface area contributed by atoms with Crippen LogP contribution in [0, 0.1) is 5.41 Å². The minimum atomic E-state index is -0.193. The summed E-state index contributed by atoms with van der Waals surface area (Å²) in [6, 6.07) is 0. The number of methoxy groups -OCH3 is 1. The van der Waals surface area contributed by atoms with Gasteiger partial charge in [0.15, 0.2) is 0 Å². The molecule has 0 aliphatic heterocycles. The fourth-order valence-corrected chi connectivity index (χ4v) is 3.18. The maximum atomic E-state index is 11.2. The minimum Gasteiger partial charge on any atom is -0.469 e. The van der Waals surface area contributed by atoms with E-state index in [1.165, 1.54) is 31.9 Å². The second kappa shape index (κ2) is 8.90. The van der Waals surface area contributed by atoms with Crippen molar-refractivity contribution in [1.82, 2.24) is 0 Å². The van der Waals surface area contributed by atoms with E-state index in [1.807, 2.05) is 19.1 Å². The molecule has 0 unspecified atom stereocenters. The standard InChI is InChI=1S/C21H32O2/c1-16(9-7-10-17(2)15-20(22)23-6)12-13-19-18(3)11-8-14-21(19,4)5/h7,9-10,12H,8,11,13-15H2,1-6H3/b9-7+,16-12+,17-10+. The lowest BCUT2D eigenvalue weighted by Gasteiger charge is -2.34. The SMILES string of the molecule is COC(=O)C/C(C)=C/C=C/C(C)=C/CC1=C(C)CCCC1(C)C. The summed E-state index contributed by atoms with van der Waals surface area (Å²) in [4.78, 5) is 11.2. The molecule has 0 spiro atoms. The third-order valence-electron chi connectivity index (χ3n) is 4.70. The molecule has 0 saturated heterocycles. The second-order valence-corrected chi connectivity index (χ2v) is 7.27. The average molecular weight is 316 g/mol. The van der Waals surface area contributed by atoms with Gasteiger partial charge in [-0.1, -0.05) is 60.4 Å². The number of rotatable bonds is 6. The van der Waals surface area contributed by atoms with Gasteiger partial charge in [0, 0.05) is 0 Å². The van der Waals surface area contributed by atoms with Crippen LogP contribution in [0.15, 0.2) is 46.6 Å². The Hall–Kier alpha value is -1.57. The molecular weight excluding hydrogens is 284 g/mol. The van der Waals surface area contributed by atoms with Crippen LogP contribution < -0.4 is 0 Å². The van der Waals surface area contributed by atoms with Crippen molar-refractivity contribution in [2.75, 3.05) is 7.11 Å². The Morgan fingerprint density at radius 2 is 2.00 bits per heavy atom. The Kier molecular flexibility index (Phi) is 7.54. The number of allylic oxidation sites excluding steroid dienone is 7. The molecule has 0 heterocycles. The summed E-state index contributed by atoms with van der Waals surface area (Å²) in [5, 5.41) is 0. The van der Waals surface area contributed by atoms with Gasteiger partial charge in [0.1, 0.15) is 0 Å². The van der Waals surface area contributed by atoms with E-state index in [1.54, 1.807) is 11.1 Å². The molecular formula is C21H32O2. The minimum absolute atomic E-state index is 0.193. The maximum Gasteiger partial charge on any atom is 0.309 e. The molecule has 0 aromatic carbocycles. The highest BCUT2D eigenvalue weighted by Gasteiger charge is 2.27. The monoisotopic (exact) mass is 316 g/mol. The summed E-state index contributed by atoms with van der Waals surface area (Å²) in [5.74, 6) is -0.193. The van der Waals surface area contributed by atoms with Gasteiger partial charge in [0.2, 0.25) is 0 Å². The first-order valence-corrected chi connectivity index (χ1v) is 8.53. The third-order valence-corrected chi connectivity index (χ3v) is 4.70. The maximum absolute atomic E-state index is 11.2. The van der Waals surface area contributed by atoms with E-state index in [-0.39, 0.29) is 5.97 Å². The molecule has 0 aromatic rings. The zero-order valence-corrected chi connectivity index (χ0v) is 15.7. The Morgan fingerprint density at radius 1 is 1.30 bits per heavy atom. The lowest BCUT2D eigenvalue weighted by molar-refractivity contribution is -0.139. The van der Waals surface area contributed by atoms with Crippen LogP contribution in [0.3, 0.4) is 0 Å². The molecule has 0 N–H and O–H groups in total. The van der Waals surface area contributed by atoms with Crippen molar-refractivity contribution in [3.05, 3.63) is 46.6 Å². The largest absolute Gasteiger partial charge is 0.469 e. The molecule has 0 bridgehead atoms. The highest BCUT2D eigenvalue weighted by atomic mass is 16.5. The van der Waals surface area contributed by atoms with E-state index in [2.05, 4.69) is 44.6 Å². The van der Waals surface area contributed by atoms with Crippen LogP contribution in [0.1, 0.15) is 66.7 Å². The van der Waals surface area contributed by atoms with Gasteiger partial charge in [-0.15, -0.1) is 0 Å². The van der Waals surface area contributed by atoms with E-state index in [4.69, 9.17) is 0 Å². The van der Waals surface area contributed by atoms with Gasteiger partial charge >= 0.3 is 5.97 Å². The lowest BCUT2D eigenvalue weighted by Crippen LogP contribution is -2.20. The van der Waals surface area contributed by atoms with Gasteiger partial charge in [0.25, 0.3) is 0 Å². The van der Waals surface area contributed by atoms with Gasteiger partial charge in [0.05, 0.1) is 13.5 Å². The summed E-state index contributed by atoms with van der Waals surface area (Å²) in [7, 11) is 1.42. The van der Waals surface area contributed by atoms with Crippen LogP contribution in [-0.2, 0) is 9.53 Å². The Balaban J connectivity index is 2.66. The molecule has 0 atom stereocenters. The lowest BCUT2D eigenvalue weighted by atomic mass is 9.71. The summed E-state index contributed by atoms with van der Waals surface area (Å²) < 4.78 is 4.66. The van der Waals surface area contributed by atoms with Crippen LogP contribution in [0.4, 0.5) is 0 Å². The van der Waals surface area contributed by atoms with E-state index in [0.29, 0.717) is 11.8 Å². The van der Waals surface area contributed by atoms with Crippen molar-refractivity contribution in [1.29, 1.82) is 0 Å². The quantitative estimate of drug-likeness (QED) is 0.345. The van der Waals surface area contributed by atoms with Gasteiger partial charge in [-0.05, 0) is 51.9 Å². The number of esters is 1. The Labute approximate surface area is 142 Å². The van der Waals surface area contributed by atoms with Crippen molar-refractivity contribution < 1.29 is 9.53 Å². The molecule has 0 saturated carbocycles. The smallest absolute Gasteiger partial charge is 0.309 e. The number of carbonyl (C=O) groups excluding carboxylic acids is 1. The zero-order chi connectivity index (χ0) is 17.5. The van der Waals surface area contributed by atoms with Crippen LogP contribution in [0.2, 0.25) is 0 Å². The van der Waals surface area contributed by atoms with Gasteiger partial charge in [-0.25, -0.2) is 0 Å². The number of ether oxygens (including phenoxy) is 1. The van der Waals surface area contributed by atoms with Crippen LogP contribution >= 0.6 is 0 Å². The topological polar surface area (TPSA) is 26.3 Å². The molecule has 0 radical (unpaired) electrons. The van der Waals surface area contributed by atoms with E-state index in [9.17, 15) is 4.79 Å². The van der Waals surface area contributed by atoms with Crippen LogP contribution in [-0.4, -0.2) is 13.1 Å². The van der Waals surface area contributed by atoms with Gasteiger partial charge in [-0.2, -0.15) is 0 Å².